The molecule has 0 aliphatic rings. The lowest BCUT2D eigenvalue weighted by atomic mass is 10.1. The highest BCUT2D eigenvalue weighted by Gasteiger charge is 2.08. The molecule has 0 aliphatic carbocycles. The Morgan fingerprint density at radius 2 is 1.58 bits per heavy atom. The maximum atomic E-state index is 12.1. The topological polar surface area (TPSA) is 76.7 Å². The molecule has 0 heterocycles. The van der Waals surface area contributed by atoms with Gasteiger partial charge in [0, 0.05) is 11.4 Å². The zero-order valence-corrected chi connectivity index (χ0v) is 13.9. The van der Waals surface area contributed by atoms with E-state index >= 15 is 0 Å². The molecule has 0 spiro atoms. The van der Waals surface area contributed by atoms with Gasteiger partial charge in [0.15, 0.2) is 0 Å². The van der Waals surface area contributed by atoms with Crippen molar-refractivity contribution in [2.75, 3.05) is 17.2 Å². The van der Waals surface area contributed by atoms with Crippen LogP contribution in [0.1, 0.15) is 18.1 Å². The van der Waals surface area contributed by atoms with Gasteiger partial charge in [-0.25, -0.2) is 9.59 Å². The lowest BCUT2D eigenvalue weighted by Gasteiger charge is -2.12. The molecule has 0 bridgehead atoms. The fourth-order valence-electron chi connectivity index (χ4n) is 2.14. The number of urea groups is 1. The van der Waals surface area contributed by atoms with Crippen molar-refractivity contribution in [1.82, 2.24) is 0 Å². The van der Waals surface area contributed by atoms with E-state index < -0.39 is 6.16 Å². The first-order valence-electron chi connectivity index (χ1n) is 7.58. The Balaban J connectivity index is 1.96. The standard InChI is InChI=1S/C18H20N2O4/c1-4-23-18(22)24-15-10-8-14(9-11-15)19-17(21)20-16-12(2)6-5-7-13(16)3/h5-11H,4H2,1-3H3,(H2,19,20,21). The highest BCUT2D eigenvalue weighted by Crippen LogP contribution is 2.20. The largest absolute Gasteiger partial charge is 0.513 e. The Kier molecular flexibility index (Phi) is 5.78. The number of para-hydroxylation sites is 1. The summed E-state index contributed by atoms with van der Waals surface area (Å²) < 4.78 is 9.64. The van der Waals surface area contributed by atoms with Crippen LogP contribution in [-0.2, 0) is 4.74 Å². The first-order valence-corrected chi connectivity index (χ1v) is 7.58. The van der Waals surface area contributed by atoms with Crippen molar-refractivity contribution in [1.29, 1.82) is 0 Å². The molecule has 2 rings (SSSR count). The van der Waals surface area contributed by atoms with Gasteiger partial charge in [-0.2, -0.15) is 0 Å². The molecule has 2 aromatic carbocycles. The number of hydrogen-bond donors (Lipinski definition) is 2. The smallest absolute Gasteiger partial charge is 0.434 e. The van der Waals surface area contributed by atoms with Gasteiger partial charge in [0.1, 0.15) is 5.75 Å². The van der Waals surface area contributed by atoms with Crippen LogP contribution < -0.4 is 15.4 Å². The van der Waals surface area contributed by atoms with E-state index in [1.807, 2.05) is 32.0 Å². The van der Waals surface area contributed by atoms with Crippen molar-refractivity contribution in [2.24, 2.45) is 0 Å². The number of carbonyl (C=O) groups excluding carboxylic acids is 2. The van der Waals surface area contributed by atoms with E-state index in [1.165, 1.54) is 0 Å². The van der Waals surface area contributed by atoms with Crippen LogP contribution in [0.2, 0.25) is 0 Å². The van der Waals surface area contributed by atoms with Crippen molar-refractivity contribution in [3.63, 3.8) is 0 Å². The van der Waals surface area contributed by atoms with Crippen molar-refractivity contribution in [2.45, 2.75) is 20.8 Å². The molecule has 0 aliphatic heterocycles. The second kappa shape index (κ2) is 8.01. The molecule has 2 aromatic rings. The molecule has 2 N–H and O–H groups in total. The summed E-state index contributed by atoms with van der Waals surface area (Å²) in [5, 5.41) is 5.56. The second-order valence-electron chi connectivity index (χ2n) is 5.16. The molecule has 0 saturated carbocycles. The van der Waals surface area contributed by atoms with Crippen LogP contribution in [-0.4, -0.2) is 18.8 Å². The predicted octanol–water partition coefficient (Wildman–Crippen LogP) is 4.48. The number of nitrogens with one attached hydrogen (secondary N) is 2. The predicted molar refractivity (Wildman–Crippen MR) is 92.6 cm³/mol. The van der Waals surface area contributed by atoms with Crippen LogP contribution in [0, 0.1) is 13.8 Å². The lowest BCUT2D eigenvalue weighted by Crippen LogP contribution is -2.20. The summed E-state index contributed by atoms with van der Waals surface area (Å²) in [5.74, 6) is 0.342. The van der Waals surface area contributed by atoms with E-state index in [2.05, 4.69) is 15.4 Å². The van der Waals surface area contributed by atoms with E-state index in [0.29, 0.717) is 11.4 Å². The third-order valence-corrected chi connectivity index (χ3v) is 3.30. The molecular weight excluding hydrogens is 308 g/mol. The summed E-state index contributed by atoms with van der Waals surface area (Å²) in [4.78, 5) is 23.3. The van der Waals surface area contributed by atoms with Crippen LogP contribution >= 0.6 is 0 Å². The van der Waals surface area contributed by atoms with Gasteiger partial charge >= 0.3 is 12.2 Å². The van der Waals surface area contributed by atoms with E-state index in [9.17, 15) is 9.59 Å². The van der Waals surface area contributed by atoms with Crippen LogP contribution in [0.4, 0.5) is 21.0 Å². The molecule has 0 unspecified atom stereocenters. The number of hydrogen-bond acceptors (Lipinski definition) is 4. The van der Waals surface area contributed by atoms with Gasteiger partial charge in [0.05, 0.1) is 6.61 Å². The van der Waals surface area contributed by atoms with E-state index in [0.717, 1.165) is 16.8 Å². The molecule has 24 heavy (non-hydrogen) atoms. The second-order valence-corrected chi connectivity index (χ2v) is 5.16. The summed E-state index contributed by atoms with van der Waals surface area (Å²) in [6, 6.07) is 11.9. The number of aryl methyl sites for hydroxylation is 2. The normalized spacial score (nSPS) is 9.96. The molecule has 126 valence electrons. The number of amides is 2. The Hall–Kier alpha value is -3.02. The molecule has 6 heteroatoms. The van der Waals surface area contributed by atoms with Crippen molar-refractivity contribution in [3.8, 4) is 5.75 Å². The minimum absolute atomic E-state index is 0.247. The number of anilines is 2. The maximum Gasteiger partial charge on any atom is 0.513 e. The summed E-state index contributed by atoms with van der Waals surface area (Å²) in [6.07, 6.45) is -0.758. The van der Waals surface area contributed by atoms with Gasteiger partial charge in [-0.3, -0.25) is 0 Å². The SMILES string of the molecule is CCOC(=O)Oc1ccc(NC(=O)Nc2c(C)cccc2C)cc1. The molecule has 0 saturated heterocycles. The molecule has 0 aromatic heterocycles. The first-order chi connectivity index (χ1) is 11.5. The monoisotopic (exact) mass is 328 g/mol. The van der Waals surface area contributed by atoms with E-state index in [-0.39, 0.29) is 12.6 Å². The maximum absolute atomic E-state index is 12.1. The van der Waals surface area contributed by atoms with Gasteiger partial charge in [-0.05, 0) is 56.2 Å². The average Bonchev–Trinajstić information content (AvgIpc) is 2.53. The number of ether oxygens (including phenoxy) is 2. The van der Waals surface area contributed by atoms with Gasteiger partial charge in [0.2, 0.25) is 0 Å². The third-order valence-electron chi connectivity index (χ3n) is 3.30. The molecule has 0 atom stereocenters. The number of rotatable bonds is 4. The van der Waals surface area contributed by atoms with Crippen molar-refractivity contribution < 1.29 is 19.1 Å². The van der Waals surface area contributed by atoms with Crippen LogP contribution in [0.15, 0.2) is 42.5 Å². The molecule has 6 nitrogen and oxygen atoms in total. The minimum atomic E-state index is -0.758. The minimum Gasteiger partial charge on any atom is -0.434 e. The van der Waals surface area contributed by atoms with Crippen molar-refractivity contribution in [3.05, 3.63) is 53.6 Å². The summed E-state index contributed by atoms with van der Waals surface area (Å²) >= 11 is 0. The fraction of sp³-hybridized carbons (Fsp3) is 0.222. The molecule has 0 fully saturated rings. The summed E-state index contributed by atoms with van der Waals surface area (Å²) in [6.45, 7) is 5.81. The number of carbonyl (C=O) groups is 2. The Labute approximate surface area is 140 Å². The molecule has 0 radical (unpaired) electrons. The lowest BCUT2D eigenvalue weighted by molar-refractivity contribution is 0.104. The Morgan fingerprint density at radius 3 is 2.17 bits per heavy atom. The average molecular weight is 328 g/mol. The van der Waals surface area contributed by atoms with Crippen LogP contribution in [0.3, 0.4) is 0 Å². The zero-order valence-electron chi connectivity index (χ0n) is 13.9. The Morgan fingerprint density at radius 1 is 0.958 bits per heavy atom. The molecular formula is C18H20N2O4. The van der Waals surface area contributed by atoms with Gasteiger partial charge < -0.3 is 20.1 Å². The van der Waals surface area contributed by atoms with Crippen LogP contribution in [0.5, 0.6) is 5.75 Å². The van der Waals surface area contributed by atoms with Crippen molar-refractivity contribution >= 4 is 23.6 Å². The first kappa shape index (κ1) is 17.3. The third kappa shape index (κ3) is 4.74. The van der Waals surface area contributed by atoms with E-state index in [1.54, 1.807) is 31.2 Å². The highest BCUT2D eigenvalue weighted by molar-refractivity contribution is 6.00. The quantitative estimate of drug-likeness (QED) is 0.641. The van der Waals surface area contributed by atoms with Crippen LogP contribution in [0.25, 0.3) is 0 Å². The fourth-order valence-corrected chi connectivity index (χ4v) is 2.14. The highest BCUT2D eigenvalue weighted by atomic mass is 16.7. The zero-order chi connectivity index (χ0) is 17.5. The Bertz CT molecular complexity index is 706. The van der Waals surface area contributed by atoms with Gasteiger partial charge in [-0.15, -0.1) is 0 Å². The summed E-state index contributed by atoms with van der Waals surface area (Å²) in [7, 11) is 0. The molecule has 2 amide bonds. The van der Waals surface area contributed by atoms with Gasteiger partial charge in [0.25, 0.3) is 0 Å². The number of benzene rings is 2. The van der Waals surface area contributed by atoms with Gasteiger partial charge in [-0.1, -0.05) is 18.2 Å². The van der Waals surface area contributed by atoms with E-state index in [4.69, 9.17) is 4.74 Å². The summed E-state index contributed by atoms with van der Waals surface area (Å²) in [5.41, 5.74) is 3.35.